The maximum atomic E-state index is 11.0. The largest absolute Gasteiger partial charge is 0.448 e. The van der Waals surface area contributed by atoms with E-state index in [1.165, 1.54) is 0 Å². The van der Waals surface area contributed by atoms with Crippen LogP contribution in [0.25, 0.3) is 0 Å². The van der Waals surface area contributed by atoms with Gasteiger partial charge in [-0.15, -0.1) is 0 Å². The van der Waals surface area contributed by atoms with Crippen molar-refractivity contribution in [2.45, 2.75) is 26.4 Å². The molecule has 4 nitrogen and oxygen atoms in total. The van der Waals surface area contributed by atoms with Crippen LogP contribution in [0.1, 0.15) is 25.3 Å². The minimum atomic E-state index is -0.538. The lowest BCUT2D eigenvalue weighted by molar-refractivity contribution is 0.0181. The lowest BCUT2D eigenvalue weighted by atomic mass is 10.2. The Labute approximate surface area is 95.5 Å². The predicted molar refractivity (Wildman–Crippen MR) is 60.6 cm³/mol. The Morgan fingerprint density at radius 1 is 1.31 bits per heavy atom. The van der Waals surface area contributed by atoms with E-state index >= 15 is 0 Å². The van der Waals surface area contributed by atoms with Gasteiger partial charge in [0.25, 0.3) is 0 Å². The zero-order valence-corrected chi connectivity index (χ0v) is 9.44. The normalized spacial score (nSPS) is 9.81. The molecule has 0 atom stereocenters. The summed E-state index contributed by atoms with van der Waals surface area (Å²) >= 11 is 0. The highest BCUT2D eigenvalue weighted by atomic mass is 16.7. The number of hydroxylamine groups is 1. The minimum absolute atomic E-state index is 0.337. The van der Waals surface area contributed by atoms with E-state index in [2.05, 4.69) is 5.48 Å². The van der Waals surface area contributed by atoms with E-state index in [-0.39, 0.29) is 0 Å². The summed E-state index contributed by atoms with van der Waals surface area (Å²) in [6.45, 7) is 2.80. The molecular weight excluding hydrogens is 206 g/mol. The van der Waals surface area contributed by atoms with Gasteiger partial charge in [-0.1, -0.05) is 43.7 Å². The van der Waals surface area contributed by atoms with E-state index in [1.807, 2.05) is 37.3 Å². The first-order chi connectivity index (χ1) is 7.83. The molecule has 0 unspecified atom stereocenters. The third-order valence-corrected chi connectivity index (χ3v) is 1.97. The van der Waals surface area contributed by atoms with Crippen molar-refractivity contribution in [1.29, 1.82) is 0 Å². The van der Waals surface area contributed by atoms with Crippen molar-refractivity contribution in [3.63, 3.8) is 0 Å². The summed E-state index contributed by atoms with van der Waals surface area (Å²) in [6, 6.07) is 9.60. The van der Waals surface area contributed by atoms with Crippen LogP contribution in [-0.4, -0.2) is 12.7 Å². The molecule has 0 aliphatic carbocycles. The van der Waals surface area contributed by atoms with Crippen LogP contribution in [0.3, 0.4) is 0 Å². The van der Waals surface area contributed by atoms with Crippen molar-refractivity contribution in [2.24, 2.45) is 0 Å². The molecule has 0 aliphatic rings. The van der Waals surface area contributed by atoms with Crippen LogP contribution >= 0.6 is 0 Å². The first kappa shape index (κ1) is 12.5. The number of ether oxygens (including phenoxy) is 1. The first-order valence-corrected chi connectivity index (χ1v) is 5.41. The fraction of sp³-hybridized carbons (Fsp3) is 0.417. The molecule has 1 amide bonds. The summed E-state index contributed by atoms with van der Waals surface area (Å²) < 4.78 is 4.85. The number of hydrogen-bond donors (Lipinski definition) is 1. The van der Waals surface area contributed by atoms with E-state index in [9.17, 15) is 4.79 Å². The quantitative estimate of drug-likeness (QED) is 0.595. The summed E-state index contributed by atoms with van der Waals surface area (Å²) in [5.41, 5.74) is 3.23. The highest BCUT2D eigenvalue weighted by molar-refractivity contribution is 5.65. The Bertz CT molecular complexity index is 300. The molecule has 4 heteroatoms. The van der Waals surface area contributed by atoms with Gasteiger partial charge in [0.2, 0.25) is 0 Å². The highest BCUT2D eigenvalue weighted by Crippen LogP contribution is 1.99. The third-order valence-electron chi connectivity index (χ3n) is 1.97. The summed E-state index contributed by atoms with van der Waals surface area (Å²) in [7, 11) is 0. The van der Waals surface area contributed by atoms with Crippen molar-refractivity contribution in [2.75, 3.05) is 6.61 Å². The Hall–Kier alpha value is -1.55. The number of unbranched alkanes of at least 4 members (excludes halogenated alkanes) is 1. The Balaban J connectivity index is 2.09. The smallest absolute Gasteiger partial charge is 0.431 e. The fourth-order valence-corrected chi connectivity index (χ4v) is 1.09. The number of nitrogens with one attached hydrogen (secondary N) is 1. The van der Waals surface area contributed by atoms with Crippen LogP contribution in [-0.2, 0) is 16.2 Å². The highest BCUT2D eigenvalue weighted by Gasteiger charge is 2.00. The fourth-order valence-electron chi connectivity index (χ4n) is 1.09. The van der Waals surface area contributed by atoms with E-state index in [0.717, 1.165) is 18.4 Å². The standard InChI is InChI=1S/C12H17NO3/c1-2-3-9-15-12(14)13-16-10-11-7-5-4-6-8-11/h4-8H,2-3,9-10H2,1H3,(H,13,14). The maximum Gasteiger partial charge on any atom is 0.431 e. The van der Waals surface area contributed by atoms with Crippen molar-refractivity contribution < 1.29 is 14.4 Å². The Morgan fingerprint density at radius 3 is 2.75 bits per heavy atom. The van der Waals surface area contributed by atoms with E-state index in [0.29, 0.717) is 13.2 Å². The number of rotatable bonds is 6. The second kappa shape index (κ2) is 7.70. The van der Waals surface area contributed by atoms with Crippen LogP contribution in [0.15, 0.2) is 30.3 Å². The number of hydrogen-bond acceptors (Lipinski definition) is 3. The molecular formula is C12H17NO3. The Morgan fingerprint density at radius 2 is 2.06 bits per heavy atom. The maximum absolute atomic E-state index is 11.0. The number of carbonyl (C=O) groups is 1. The van der Waals surface area contributed by atoms with Crippen molar-refractivity contribution in [3.05, 3.63) is 35.9 Å². The summed E-state index contributed by atoms with van der Waals surface area (Å²) in [6.07, 6.45) is 1.33. The lowest BCUT2D eigenvalue weighted by Gasteiger charge is -2.06. The van der Waals surface area contributed by atoms with E-state index in [4.69, 9.17) is 9.57 Å². The molecule has 1 N–H and O–H groups in total. The molecule has 0 saturated carbocycles. The average Bonchev–Trinajstić information content (AvgIpc) is 2.31. The predicted octanol–water partition coefficient (Wildman–Crippen LogP) is 2.64. The van der Waals surface area contributed by atoms with Gasteiger partial charge in [-0.2, -0.15) is 5.48 Å². The topological polar surface area (TPSA) is 47.6 Å². The van der Waals surface area contributed by atoms with Crippen LogP contribution < -0.4 is 5.48 Å². The van der Waals surface area contributed by atoms with Crippen LogP contribution in [0, 0.1) is 0 Å². The number of carbonyl (C=O) groups excluding carboxylic acids is 1. The summed E-state index contributed by atoms with van der Waals surface area (Å²) in [5.74, 6) is 0. The van der Waals surface area contributed by atoms with Gasteiger partial charge >= 0.3 is 6.09 Å². The van der Waals surface area contributed by atoms with Gasteiger partial charge < -0.3 is 4.74 Å². The molecule has 88 valence electrons. The number of benzene rings is 1. The van der Waals surface area contributed by atoms with Gasteiger partial charge in [0, 0.05) is 0 Å². The molecule has 16 heavy (non-hydrogen) atoms. The average molecular weight is 223 g/mol. The van der Waals surface area contributed by atoms with E-state index < -0.39 is 6.09 Å². The summed E-state index contributed by atoms with van der Waals surface area (Å²) in [4.78, 5) is 16.0. The van der Waals surface area contributed by atoms with Gasteiger partial charge in [0.15, 0.2) is 0 Å². The van der Waals surface area contributed by atoms with Gasteiger partial charge in [0.1, 0.15) is 0 Å². The molecule has 0 saturated heterocycles. The molecule has 1 rings (SSSR count). The molecule has 1 aromatic rings. The molecule has 0 aromatic heterocycles. The molecule has 0 bridgehead atoms. The van der Waals surface area contributed by atoms with Crippen molar-refractivity contribution >= 4 is 6.09 Å². The number of amides is 1. The van der Waals surface area contributed by atoms with Gasteiger partial charge in [0.05, 0.1) is 13.2 Å². The Kier molecular flexibility index (Phi) is 6.03. The van der Waals surface area contributed by atoms with Gasteiger partial charge in [-0.3, -0.25) is 4.84 Å². The van der Waals surface area contributed by atoms with Gasteiger partial charge in [-0.05, 0) is 12.0 Å². The van der Waals surface area contributed by atoms with Crippen LogP contribution in [0.4, 0.5) is 4.79 Å². The van der Waals surface area contributed by atoms with Gasteiger partial charge in [-0.25, -0.2) is 4.79 Å². The third kappa shape index (κ3) is 5.36. The second-order valence-electron chi connectivity index (χ2n) is 3.37. The first-order valence-electron chi connectivity index (χ1n) is 5.41. The minimum Gasteiger partial charge on any atom is -0.448 e. The lowest BCUT2D eigenvalue weighted by Crippen LogP contribution is -2.24. The molecule has 1 aromatic carbocycles. The zero-order valence-electron chi connectivity index (χ0n) is 9.44. The van der Waals surface area contributed by atoms with Crippen LogP contribution in [0.5, 0.6) is 0 Å². The second-order valence-corrected chi connectivity index (χ2v) is 3.37. The molecule has 0 spiro atoms. The SMILES string of the molecule is CCCCOC(=O)NOCc1ccccc1. The monoisotopic (exact) mass is 223 g/mol. The van der Waals surface area contributed by atoms with Crippen LogP contribution in [0.2, 0.25) is 0 Å². The molecule has 0 fully saturated rings. The molecule has 0 aliphatic heterocycles. The molecule has 0 radical (unpaired) electrons. The van der Waals surface area contributed by atoms with E-state index in [1.54, 1.807) is 0 Å². The zero-order chi connectivity index (χ0) is 11.6. The molecule has 0 heterocycles. The van der Waals surface area contributed by atoms with Crippen molar-refractivity contribution in [1.82, 2.24) is 5.48 Å². The summed E-state index contributed by atoms with van der Waals surface area (Å²) in [5, 5.41) is 0. The van der Waals surface area contributed by atoms with Crippen molar-refractivity contribution in [3.8, 4) is 0 Å².